The van der Waals surface area contributed by atoms with E-state index in [1.165, 1.54) is 38.4 Å². The third-order valence-corrected chi connectivity index (χ3v) is 8.17. The molecule has 45 heavy (non-hydrogen) atoms. The van der Waals surface area contributed by atoms with Crippen LogP contribution in [-0.2, 0) is 4.79 Å². The molecule has 5 rings (SSSR count). The van der Waals surface area contributed by atoms with Gasteiger partial charge < -0.3 is 19.2 Å². The third-order valence-electron chi connectivity index (χ3n) is 6.37. The molecule has 1 heterocycles. The van der Waals surface area contributed by atoms with Crippen LogP contribution in [0.5, 0.6) is 17.2 Å². The van der Waals surface area contributed by atoms with E-state index in [9.17, 15) is 14.4 Å². The Morgan fingerprint density at radius 3 is 2.36 bits per heavy atom. The van der Waals surface area contributed by atoms with Crippen LogP contribution in [0.15, 0.2) is 91.3 Å². The minimum Gasteiger partial charge on any atom is -0.493 e. The van der Waals surface area contributed by atoms with Crippen LogP contribution in [0.4, 0.5) is 0 Å². The second-order valence-electron chi connectivity index (χ2n) is 9.41. The number of hydrogen-bond acceptors (Lipinski definition) is 7. The minimum absolute atomic E-state index is 0.145. The number of benzene rings is 4. The molecule has 5 aromatic rings. The molecule has 0 spiro atoms. The Bertz CT molecular complexity index is 2000. The van der Waals surface area contributed by atoms with Crippen molar-refractivity contribution in [1.29, 1.82) is 0 Å². The average Bonchev–Trinajstić information content (AvgIpc) is 3.39. The maximum Gasteiger partial charge on any atom is 0.343 e. The Kier molecular flexibility index (Phi) is 10.1. The van der Waals surface area contributed by atoms with E-state index in [1.807, 2.05) is 36.4 Å². The highest BCUT2D eigenvalue weighted by Gasteiger charge is 2.22. The molecule has 0 saturated heterocycles. The molecule has 1 amide bonds. The molecule has 4 aromatic carbocycles. The molecule has 13 heteroatoms. The maximum atomic E-state index is 13.5. The van der Waals surface area contributed by atoms with Crippen LogP contribution in [0.1, 0.15) is 33.3 Å². The van der Waals surface area contributed by atoms with Crippen molar-refractivity contribution in [2.75, 3.05) is 7.11 Å². The van der Waals surface area contributed by atoms with Crippen molar-refractivity contribution in [3.63, 3.8) is 0 Å². The Labute approximate surface area is 287 Å². The SMILES string of the molecule is COc1cc(C(=O)Oc2c(Br)cc(Br)cc2C=NNC(=O)c2[nH]c3c(Cl)cc(Br)cc3c2-c2ccccc2)ccc1OC(C)=O. The van der Waals surface area contributed by atoms with Crippen molar-refractivity contribution in [2.24, 2.45) is 5.10 Å². The van der Waals surface area contributed by atoms with Crippen molar-refractivity contribution >= 4 is 94.4 Å². The van der Waals surface area contributed by atoms with Gasteiger partial charge in [-0.25, -0.2) is 10.2 Å². The highest BCUT2D eigenvalue weighted by atomic mass is 79.9. The highest BCUT2D eigenvalue weighted by molar-refractivity contribution is 9.11. The monoisotopic (exact) mass is 815 g/mol. The van der Waals surface area contributed by atoms with Crippen LogP contribution < -0.4 is 19.6 Å². The molecule has 0 unspecified atom stereocenters. The van der Waals surface area contributed by atoms with Crippen molar-refractivity contribution in [3.05, 3.63) is 108 Å². The van der Waals surface area contributed by atoms with Gasteiger partial charge in [-0.1, -0.05) is 73.8 Å². The molecule has 0 fully saturated rings. The molecule has 228 valence electrons. The van der Waals surface area contributed by atoms with Crippen LogP contribution >= 0.6 is 59.4 Å². The first-order valence-corrected chi connectivity index (χ1v) is 15.8. The zero-order chi connectivity index (χ0) is 32.2. The van der Waals surface area contributed by atoms with Gasteiger partial charge in [0.2, 0.25) is 0 Å². The molecule has 9 nitrogen and oxygen atoms in total. The summed E-state index contributed by atoms with van der Waals surface area (Å²) in [7, 11) is 1.39. The zero-order valence-electron chi connectivity index (χ0n) is 23.4. The first-order chi connectivity index (χ1) is 21.5. The van der Waals surface area contributed by atoms with Crippen LogP contribution in [0.2, 0.25) is 5.02 Å². The smallest absolute Gasteiger partial charge is 0.343 e. The first-order valence-electron chi connectivity index (χ1n) is 13.0. The third kappa shape index (κ3) is 7.30. The summed E-state index contributed by atoms with van der Waals surface area (Å²) >= 11 is 16.8. The molecule has 0 aliphatic carbocycles. The Hall–Kier alpha value is -3.97. The van der Waals surface area contributed by atoms with E-state index >= 15 is 0 Å². The van der Waals surface area contributed by atoms with E-state index < -0.39 is 17.8 Å². The van der Waals surface area contributed by atoms with Gasteiger partial charge in [0, 0.05) is 32.4 Å². The van der Waals surface area contributed by atoms with E-state index in [0.29, 0.717) is 30.6 Å². The number of H-pyrrole nitrogens is 1. The summed E-state index contributed by atoms with van der Waals surface area (Å²) in [6.07, 6.45) is 1.36. The van der Waals surface area contributed by atoms with E-state index in [2.05, 4.69) is 63.3 Å². The molecule has 1 aromatic heterocycles. The van der Waals surface area contributed by atoms with Crippen molar-refractivity contribution < 1.29 is 28.6 Å². The van der Waals surface area contributed by atoms with E-state index in [4.69, 9.17) is 25.8 Å². The molecule has 0 aliphatic heterocycles. The number of amides is 1. The highest BCUT2D eigenvalue weighted by Crippen LogP contribution is 2.38. The molecular formula is C32H21Br3ClN3O6. The largest absolute Gasteiger partial charge is 0.493 e. The summed E-state index contributed by atoms with van der Waals surface area (Å²) in [6.45, 7) is 1.26. The Morgan fingerprint density at radius 1 is 0.911 bits per heavy atom. The summed E-state index contributed by atoms with van der Waals surface area (Å²) in [5, 5.41) is 5.37. The van der Waals surface area contributed by atoms with E-state index in [-0.39, 0.29) is 28.5 Å². The number of aromatic amines is 1. The Morgan fingerprint density at radius 2 is 1.64 bits per heavy atom. The second-order valence-corrected chi connectivity index (χ2v) is 12.5. The van der Waals surface area contributed by atoms with Crippen LogP contribution in [0.25, 0.3) is 22.0 Å². The second kappa shape index (κ2) is 14.0. The number of hydrazone groups is 1. The molecule has 0 radical (unpaired) electrons. The number of carbonyl (C=O) groups excluding carboxylic acids is 3. The summed E-state index contributed by atoms with van der Waals surface area (Å²) in [4.78, 5) is 41.1. The van der Waals surface area contributed by atoms with Crippen molar-refractivity contribution in [1.82, 2.24) is 10.4 Å². The van der Waals surface area contributed by atoms with E-state index in [1.54, 1.807) is 18.2 Å². The topological polar surface area (TPSA) is 119 Å². The summed E-state index contributed by atoms with van der Waals surface area (Å²) in [5.41, 5.74) is 5.43. The standard InChI is InChI=1S/C32H21Br3ClN3O6/c1-16(40)44-25-9-8-18(11-26(25)43-2)32(42)45-30-19(10-20(33)13-23(30)35)15-37-39-31(41)29-27(17-6-4-3-5-7-17)22-12-21(34)14-24(36)28(22)38-29/h3-15,38H,1-2H3,(H,39,41). The molecule has 0 bridgehead atoms. The zero-order valence-corrected chi connectivity index (χ0v) is 28.9. The van der Waals surface area contributed by atoms with Gasteiger partial charge in [-0.15, -0.1) is 0 Å². The Balaban J connectivity index is 1.43. The van der Waals surface area contributed by atoms with Gasteiger partial charge in [-0.3, -0.25) is 9.59 Å². The summed E-state index contributed by atoms with van der Waals surface area (Å²) < 4.78 is 18.0. The first kappa shape index (κ1) is 32.4. The summed E-state index contributed by atoms with van der Waals surface area (Å²) in [5.74, 6) is -1.26. The molecular weight excluding hydrogens is 798 g/mol. The fourth-order valence-electron chi connectivity index (χ4n) is 4.48. The van der Waals surface area contributed by atoms with Gasteiger partial charge in [0.15, 0.2) is 17.2 Å². The fourth-order valence-corrected chi connectivity index (χ4v) is 6.68. The number of rotatable bonds is 8. The summed E-state index contributed by atoms with van der Waals surface area (Å²) in [6, 6.07) is 20.7. The van der Waals surface area contributed by atoms with Gasteiger partial charge in [0.05, 0.1) is 33.9 Å². The van der Waals surface area contributed by atoms with Crippen LogP contribution in [-0.4, -0.2) is 36.2 Å². The van der Waals surface area contributed by atoms with Gasteiger partial charge >= 0.3 is 11.9 Å². The number of halogens is 4. The quantitative estimate of drug-likeness (QED) is 0.0701. The predicted molar refractivity (Wildman–Crippen MR) is 183 cm³/mol. The van der Waals surface area contributed by atoms with E-state index in [0.717, 1.165) is 15.4 Å². The van der Waals surface area contributed by atoms with Gasteiger partial charge in [-0.2, -0.15) is 5.10 Å². The number of esters is 2. The lowest BCUT2D eigenvalue weighted by Gasteiger charge is -2.12. The number of carbonyl (C=O) groups is 3. The fraction of sp³-hybridized carbons (Fsp3) is 0.0625. The average molecular weight is 819 g/mol. The molecule has 0 atom stereocenters. The molecule has 0 saturated carbocycles. The van der Waals surface area contributed by atoms with Crippen LogP contribution in [0.3, 0.4) is 0 Å². The number of hydrogen-bond donors (Lipinski definition) is 2. The lowest BCUT2D eigenvalue weighted by Crippen LogP contribution is -2.19. The van der Waals surface area contributed by atoms with Gasteiger partial charge in [0.25, 0.3) is 5.91 Å². The lowest BCUT2D eigenvalue weighted by atomic mass is 10.0. The maximum absolute atomic E-state index is 13.5. The predicted octanol–water partition coefficient (Wildman–Crippen LogP) is 8.69. The van der Waals surface area contributed by atoms with Gasteiger partial charge in [-0.05, 0) is 64.0 Å². The molecule has 0 aliphatic rings. The normalized spacial score (nSPS) is 11.1. The van der Waals surface area contributed by atoms with Gasteiger partial charge in [0.1, 0.15) is 5.69 Å². The number of methoxy groups -OCH3 is 1. The van der Waals surface area contributed by atoms with Crippen molar-refractivity contribution in [3.8, 4) is 28.4 Å². The van der Waals surface area contributed by atoms with Crippen molar-refractivity contribution in [2.45, 2.75) is 6.92 Å². The number of nitrogens with one attached hydrogen (secondary N) is 2. The number of aromatic nitrogens is 1. The molecule has 2 N–H and O–H groups in total. The number of nitrogens with zero attached hydrogens (tertiary/aromatic N) is 1. The number of ether oxygens (including phenoxy) is 3. The lowest BCUT2D eigenvalue weighted by molar-refractivity contribution is -0.132. The number of fused-ring (bicyclic) bond motifs is 1. The van der Waals surface area contributed by atoms with Crippen LogP contribution in [0, 0.1) is 0 Å². The minimum atomic E-state index is -0.710.